The largest absolute Gasteiger partial charge is 0.354 e. The fourth-order valence-electron chi connectivity index (χ4n) is 3.56. The maximum atomic E-state index is 5.87. The van der Waals surface area contributed by atoms with Crippen molar-refractivity contribution < 1.29 is 0 Å². The summed E-state index contributed by atoms with van der Waals surface area (Å²) < 4.78 is 2.01. The third-order valence-corrected chi connectivity index (χ3v) is 5.69. The minimum absolute atomic E-state index is 0.527. The van der Waals surface area contributed by atoms with Gasteiger partial charge in [-0.1, -0.05) is 24.3 Å². The Bertz CT molecular complexity index is 893. The first-order chi connectivity index (χ1) is 13.6. The fourth-order valence-corrected chi connectivity index (χ4v) is 3.74. The normalized spacial score (nSPS) is 15.4. The number of piperazine rings is 1. The summed E-state index contributed by atoms with van der Waals surface area (Å²) in [4.78, 5) is 14.1. The zero-order valence-corrected chi connectivity index (χ0v) is 17.2. The van der Waals surface area contributed by atoms with Gasteiger partial charge < -0.3 is 9.47 Å². The second-order valence-electron chi connectivity index (χ2n) is 7.49. The number of hydrogen-bond donors (Lipinski definition) is 0. The number of imidazole rings is 1. The quantitative estimate of drug-likeness (QED) is 0.606. The second-order valence-corrected chi connectivity index (χ2v) is 7.76. The monoisotopic (exact) mass is 395 g/mol. The summed E-state index contributed by atoms with van der Waals surface area (Å²) in [5, 5.41) is 0. The van der Waals surface area contributed by atoms with E-state index >= 15 is 0 Å². The second kappa shape index (κ2) is 8.33. The Hall–Kier alpha value is -2.37. The van der Waals surface area contributed by atoms with E-state index < -0.39 is 0 Å². The summed E-state index contributed by atoms with van der Waals surface area (Å²) in [7, 11) is 0. The van der Waals surface area contributed by atoms with Gasteiger partial charge in [-0.3, -0.25) is 4.90 Å². The van der Waals surface area contributed by atoms with E-state index in [2.05, 4.69) is 52.9 Å². The molecule has 3 heterocycles. The molecule has 1 aliphatic rings. The van der Waals surface area contributed by atoms with E-state index in [4.69, 9.17) is 16.6 Å². The van der Waals surface area contributed by atoms with E-state index in [1.54, 1.807) is 0 Å². The maximum Gasteiger partial charge on any atom is 0.128 e. The molecule has 0 spiro atoms. The lowest BCUT2D eigenvalue weighted by molar-refractivity contribution is 0.209. The SMILES string of the molecule is CC(C)N1CCN(c2ccc(-n3cnc(-c4ccc(CCl)cc4)c3)cn2)CC1. The van der Waals surface area contributed by atoms with Crippen LogP contribution in [-0.2, 0) is 5.88 Å². The number of pyridine rings is 1. The molecule has 0 bridgehead atoms. The Morgan fingerprint density at radius 2 is 1.71 bits per heavy atom. The predicted octanol–water partition coefficient (Wildman–Crippen LogP) is 4.20. The van der Waals surface area contributed by atoms with Gasteiger partial charge >= 0.3 is 0 Å². The first kappa shape index (κ1) is 19.0. The van der Waals surface area contributed by atoms with Crippen LogP contribution in [0.3, 0.4) is 0 Å². The van der Waals surface area contributed by atoms with Crippen molar-refractivity contribution in [1.29, 1.82) is 0 Å². The van der Waals surface area contributed by atoms with E-state index in [0.29, 0.717) is 11.9 Å². The highest BCUT2D eigenvalue weighted by molar-refractivity contribution is 6.17. The number of benzene rings is 1. The van der Waals surface area contributed by atoms with Crippen LogP contribution >= 0.6 is 11.6 Å². The Morgan fingerprint density at radius 1 is 0.964 bits per heavy atom. The van der Waals surface area contributed by atoms with Crippen LogP contribution in [0.2, 0.25) is 0 Å². The van der Waals surface area contributed by atoms with Crippen LogP contribution in [0.5, 0.6) is 0 Å². The smallest absolute Gasteiger partial charge is 0.128 e. The highest BCUT2D eigenvalue weighted by atomic mass is 35.5. The molecule has 0 amide bonds. The number of nitrogens with zero attached hydrogens (tertiary/aromatic N) is 5. The van der Waals surface area contributed by atoms with Crippen LogP contribution in [0.4, 0.5) is 5.82 Å². The van der Waals surface area contributed by atoms with Gasteiger partial charge in [0.25, 0.3) is 0 Å². The van der Waals surface area contributed by atoms with E-state index in [0.717, 1.165) is 54.5 Å². The van der Waals surface area contributed by atoms with Gasteiger partial charge in [0.1, 0.15) is 5.82 Å². The number of alkyl halides is 1. The Morgan fingerprint density at radius 3 is 2.32 bits per heavy atom. The van der Waals surface area contributed by atoms with Crippen molar-refractivity contribution >= 4 is 17.4 Å². The van der Waals surface area contributed by atoms with E-state index in [1.165, 1.54) is 0 Å². The van der Waals surface area contributed by atoms with Crippen molar-refractivity contribution in [2.24, 2.45) is 0 Å². The molecule has 6 heteroatoms. The fraction of sp³-hybridized carbons (Fsp3) is 0.364. The van der Waals surface area contributed by atoms with Crippen LogP contribution in [0.15, 0.2) is 55.1 Å². The van der Waals surface area contributed by atoms with Crippen molar-refractivity contribution in [2.75, 3.05) is 31.1 Å². The predicted molar refractivity (Wildman–Crippen MR) is 115 cm³/mol. The zero-order chi connectivity index (χ0) is 19.5. The number of anilines is 1. The molecule has 2 aromatic heterocycles. The highest BCUT2D eigenvalue weighted by Crippen LogP contribution is 2.21. The molecule has 3 aromatic rings. The van der Waals surface area contributed by atoms with Gasteiger partial charge in [-0.15, -0.1) is 11.6 Å². The number of aromatic nitrogens is 3. The molecule has 0 N–H and O–H groups in total. The van der Waals surface area contributed by atoms with E-state index in [9.17, 15) is 0 Å². The first-order valence-corrected chi connectivity index (χ1v) is 10.3. The third-order valence-electron chi connectivity index (χ3n) is 5.39. The number of halogens is 1. The van der Waals surface area contributed by atoms with Gasteiger partial charge in [-0.2, -0.15) is 0 Å². The summed E-state index contributed by atoms with van der Waals surface area (Å²) in [6.07, 6.45) is 5.79. The molecule has 4 rings (SSSR count). The molecule has 0 radical (unpaired) electrons. The van der Waals surface area contributed by atoms with Gasteiger partial charge in [0.05, 0.1) is 23.9 Å². The van der Waals surface area contributed by atoms with Gasteiger partial charge in [-0.05, 0) is 31.5 Å². The van der Waals surface area contributed by atoms with Crippen LogP contribution in [0.1, 0.15) is 19.4 Å². The van der Waals surface area contributed by atoms with Gasteiger partial charge in [0, 0.05) is 49.9 Å². The molecule has 0 aliphatic carbocycles. The molecule has 5 nitrogen and oxygen atoms in total. The molecule has 0 saturated carbocycles. The van der Waals surface area contributed by atoms with Crippen molar-refractivity contribution in [3.63, 3.8) is 0 Å². The first-order valence-electron chi connectivity index (χ1n) is 9.79. The van der Waals surface area contributed by atoms with E-state index in [1.807, 2.05) is 35.4 Å². The molecule has 1 fully saturated rings. The standard InChI is InChI=1S/C22H26ClN5/c1-17(2)26-9-11-27(12-10-26)22-8-7-20(14-24-22)28-15-21(25-16-28)19-5-3-18(13-23)4-6-19/h3-8,14-17H,9-13H2,1-2H3. The topological polar surface area (TPSA) is 37.2 Å². The Balaban J connectivity index is 1.45. The zero-order valence-electron chi connectivity index (χ0n) is 16.4. The van der Waals surface area contributed by atoms with Crippen molar-refractivity contribution in [3.05, 3.63) is 60.7 Å². The highest BCUT2D eigenvalue weighted by Gasteiger charge is 2.19. The van der Waals surface area contributed by atoms with Crippen LogP contribution in [0, 0.1) is 0 Å². The molecule has 1 saturated heterocycles. The van der Waals surface area contributed by atoms with E-state index in [-0.39, 0.29) is 0 Å². The van der Waals surface area contributed by atoms with Crippen LogP contribution in [0.25, 0.3) is 16.9 Å². The molecule has 1 aliphatic heterocycles. The molecule has 146 valence electrons. The Labute approximate surface area is 171 Å². The minimum atomic E-state index is 0.527. The molecular weight excluding hydrogens is 370 g/mol. The molecule has 0 unspecified atom stereocenters. The van der Waals surface area contributed by atoms with Crippen LogP contribution < -0.4 is 4.90 Å². The summed E-state index contributed by atoms with van der Waals surface area (Å²) in [6.45, 7) is 8.75. The number of rotatable bonds is 5. The summed E-state index contributed by atoms with van der Waals surface area (Å²) in [6, 6.07) is 13.0. The molecule has 1 aromatic carbocycles. The number of hydrogen-bond acceptors (Lipinski definition) is 4. The maximum absolute atomic E-state index is 5.87. The van der Waals surface area contributed by atoms with Crippen molar-refractivity contribution in [1.82, 2.24) is 19.4 Å². The minimum Gasteiger partial charge on any atom is -0.354 e. The lowest BCUT2D eigenvalue weighted by Gasteiger charge is -2.37. The molecule has 0 atom stereocenters. The molecular formula is C22H26ClN5. The third kappa shape index (κ3) is 4.05. The summed E-state index contributed by atoms with van der Waals surface area (Å²) in [5.41, 5.74) is 4.15. The molecule has 28 heavy (non-hydrogen) atoms. The average Bonchev–Trinajstić information content (AvgIpc) is 3.24. The lowest BCUT2D eigenvalue weighted by Crippen LogP contribution is -2.49. The van der Waals surface area contributed by atoms with Gasteiger partial charge in [0.15, 0.2) is 0 Å². The summed E-state index contributed by atoms with van der Waals surface area (Å²) in [5.74, 6) is 1.57. The summed E-state index contributed by atoms with van der Waals surface area (Å²) >= 11 is 5.87. The lowest BCUT2D eigenvalue weighted by atomic mass is 10.1. The van der Waals surface area contributed by atoms with Crippen molar-refractivity contribution in [2.45, 2.75) is 25.8 Å². The average molecular weight is 396 g/mol. The Kier molecular flexibility index (Phi) is 5.64. The van der Waals surface area contributed by atoms with Gasteiger partial charge in [-0.25, -0.2) is 9.97 Å². The van der Waals surface area contributed by atoms with Crippen molar-refractivity contribution in [3.8, 4) is 16.9 Å². The van der Waals surface area contributed by atoms with Crippen LogP contribution in [-0.4, -0.2) is 51.7 Å². The van der Waals surface area contributed by atoms with Gasteiger partial charge in [0.2, 0.25) is 0 Å².